The highest BCUT2D eigenvalue weighted by molar-refractivity contribution is 8.15. The third-order valence-electron chi connectivity index (χ3n) is 2.85. The van der Waals surface area contributed by atoms with Gasteiger partial charge in [-0.3, -0.25) is 4.99 Å². The largest absolute Gasteiger partial charge is 0.384 e. The summed E-state index contributed by atoms with van der Waals surface area (Å²) in [4.78, 5) is 8.17. The Morgan fingerprint density at radius 1 is 1.50 bits per heavy atom. The third kappa shape index (κ3) is 1.48. The van der Waals surface area contributed by atoms with Crippen LogP contribution >= 0.6 is 11.8 Å². The average Bonchev–Trinajstić information content (AvgIpc) is 2.86. The zero-order valence-electron chi connectivity index (χ0n) is 9.36. The average molecular weight is 233 g/mol. The molecule has 1 aromatic rings. The molecule has 0 amide bonds. The second-order valence-corrected chi connectivity index (χ2v) is 4.98. The van der Waals surface area contributed by atoms with Crippen molar-refractivity contribution in [3.8, 4) is 0 Å². The van der Waals surface area contributed by atoms with Gasteiger partial charge in [0.25, 0.3) is 0 Å². The summed E-state index contributed by atoms with van der Waals surface area (Å²) in [6.07, 6.45) is 1.15. The fraction of sp³-hybridized carbons (Fsp3) is 0.417. The molecule has 0 fully saturated rings. The van der Waals surface area contributed by atoms with E-state index in [1.165, 1.54) is 21.4 Å². The number of nitrogens with one attached hydrogen (secondary N) is 1. The molecular formula is C12H15N3S. The van der Waals surface area contributed by atoms with Crippen LogP contribution in [0.1, 0.15) is 13.3 Å². The molecule has 0 unspecified atom stereocenters. The predicted octanol–water partition coefficient (Wildman–Crippen LogP) is 2.79. The molecule has 16 heavy (non-hydrogen) atoms. The fourth-order valence-electron chi connectivity index (χ4n) is 2.07. The zero-order valence-corrected chi connectivity index (χ0v) is 10.2. The summed E-state index contributed by atoms with van der Waals surface area (Å²) in [5.74, 6) is 0. The van der Waals surface area contributed by atoms with E-state index in [4.69, 9.17) is 0 Å². The normalized spacial score (nSPS) is 17.1. The van der Waals surface area contributed by atoms with E-state index in [-0.39, 0.29) is 0 Å². The number of rotatable bonds is 3. The predicted molar refractivity (Wildman–Crippen MR) is 70.7 cm³/mol. The van der Waals surface area contributed by atoms with Gasteiger partial charge in [0.1, 0.15) is 0 Å². The maximum absolute atomic E-state index is 4.51. The lowest BCUT2D eigenvalue weighted by Crippen LogP contribution is -2.20. The van der Waals surface area contributed by atoms with Crippen LogP contribution in [0.15, 0.2) is 28.1 Å². The quantitative estimate of drug-likeness (QED) is 0.870. The first kappa shape index (κ1) is 10.0. The van der Waals surface area contributed by atoms with Gasteiger partial charge in [-0.1, -0.05) is 13.0 Å². The van der Waals surface area contributed by atoms with Crippen LogP contribution in [0.4, 0.5) is 11.4 Å². The van der Waals surface area contributed by atoms with E-state index in [0.717, 1.165) is 26.1 Å². The lowest BCUT2D eigenvalue weighted by atomic mass is 10.2. The molecule has 1 aromatic carbocycles. The highest BCUT2D eigenvalue weighted by atomic mass is 32.2. The van der Waals surface area contributed by atoms with Crippen molar-refractivity contribution in [2.24, 2.45) is 4.99 Å². The number of hydrogen-bond acceptors (Lipinski definition) is 4. The second kappa shape index (κ2) is 4.01. The van der Waals surface area contributed by atoms with Crippen LogP contribution < -0.4 is 10.2 Å². The van der Waals surface area contributed by atoms with Crippen molar-refractivity contribution >= 4 is 28.3 Å². The molecular weight excluding hydrogens is 218 g/mol. The molecule has 0 aliphatic carbocycles. The monoisotopic (exact) mass is 233 g/mol. The second-order valence-electron chi connectivity index (χ2n) is 4.00. The minimum atomic E-state index is 0.939. The summed E-state index contributed by atoms with van der Waals surface area (Å²) in [5, 5.41) is 4.65. The van der Waals surface area contributed by atoms with Crippen LogP contribution in [-0.2, 0) is 0 Å². The molecule has 2 heterocycles. The number of thioether (sulfide) groups is 1. The number of hydrogen-bond donors (Lipinski definition) is 1. The molecule has 0 spiro atoms. The lowest BCUT2D eigenvalue weighted by molar-refractivity contribution is 0.971. The van der Waals surface area contributed by atoms with Crippen molar-refractivity contribution in [3.63, 3.8) is 0 Å². The maximum atomic E-state index is 4.51. The number of benzene rings is 1. The standard InChI is InChI=1S/C12H15N3S/c1-2-6-13-9-4-3-5-10-11(9)16-12-14-7-8-15(10)12/h3-5,13H,2,6-8H2,1H3. The topological polar surface area (TPSA) is 27.6 Å². The maximum Gasteiger partial charge on any atom is 0.168 e. The van der Waals surface area contributed by atoms with Crippen LogP contribution in [0.5, 0.6) is 0 Å². The molecule has 1 N–H and O–H groups in total. The summed E-state index contributed by atoms with van der Waals surface area (Å²) in [5.41, 5.74) is 2.57. The van der Waals surface area contributed by atoms with E-state index in [2.05, 4.69) is 40.3 Å². The molecule has 0 bridgehead atoms. The summed E-state index contributed by atoms with van der Waals surface area (Å²) >= 11 is 1.80. The number of aliphatic imine (C=N–C) groups is 1. The van der Waals surface area contributed by atoms with E-state index in [0.29, 0.717) is 0 Å². The Morgan fingerprint density at radius 2 is 2.44 bits per heavy atom. The van der Waals surface area contributed by atoms with Crippen molar-refractivity contribution in [3.05, 3.63) is 18.2 Å². The molecule has 0 radical (unpaired) electrons. The number of anilines is 2. The van der Waals surface area contributed by atoms with Crippen LogP contribution in [0.25, 0.3) is 0 Å². The highest BCUT2D eigenvalue weighted by Gasteiger charge is 2.30. The Morgan fingerprint density at radius 3 is 3.31 bits per heavy atom. The Kier molecular flexibility index (Phi) is 2.52. The van der Waals surface area contributed by atoms with Gasteiger partial charge in [-0.2, -0.15) is 0 Å². The van der Waals surface area contributed by atoms with E-state index < -0.39 is 0 Å². The van der Waals surface area contributed by atoms with Crippen molar-refractivity contribution in [1.82, 2.24) is 0 Å². The van der Waals surface area contributed by atoms with Crippen molar-refractivity contribution < 1.29 is 0 Å². The van der Waals surface area contributed by atoms with Gasteiger partial charge in [0.05, 0.1) is 22.8 Å². The molecule has 0 atom stereocenters. The van der Waals surface area contributed by atoms with Crippen molar-refractivity contribution in [2.75, 3.05) is 29.9 Å². The van der Waals surface area contributed by atoms with E-state index in [1.54, 1.807) is 11.8 Å². The van der Waals surface area contributed by atoms with Crippen LogP contribution in [-0.4, -0.2) is 24.8 Å². The number of amidine groups is 1. The molecule has 3 rings (SSSR count). The zero-order chi connectivity index (χ0) is 11.0. The van der Waals surface area contributed by atoms with E-state index in [9.17, 15) is 0 Å². The number of nitrogens with zero attached hydrogens (tertiary/aromatic N) is 2. The number of fused-ring (bicyclic) bond motifs is 3. The summed E-state index contributed by atoms with van der Waals surface area (Å²) in [6.45, 7) is 5.19. The van der Waals surface area contributed by atoms with Crippen molar-refractivity contribution in [1.29, 1.82) is 0 Å². The van der Waals surface area contributed by atoms with Crippen LogP contribution in [0.3, 0.4) is 0 Å². The van der Waals surface area contributed by atoms with Crippen LogP contribution in [0, 0.1) is 0 Å². The lowest BCUT2D eigenvalue weighted by Gasteiger charge is -2.13. The SMILES string of the molecule is CCCNc1cccc2c1SC1=NCCN12. The van der Waals surface area contributed by atoms with E-state index in [1.807, 2.05) is 0 Å². The van der Waals surface area contributed by atoms with Gasteiger partial charge in [0.2, 0.25) is 0 Å². The minimum absolute atomic E-state index is 0.939. The van der Waals surface area contributed by atoms with Gasteiger partial charge in [0, 0.05) is 13.1 Å². The summed E-state index contributed by atoms with van der Waals surface area (Å²) < 4.78 is 0. The third-order valence-corrected chi connectivity index (χ3v) is 4.01. The molecule has 0 saturated carbocycles. The fourth-order valence-corrected chi connectivity index (χ4v) is 3.24. The smallest absolute Gasteiger partial charge is 0.168 e. The van der Waals surface area contributed by atoms with Gasteiger partial charge < -0.3 is 10.2 Å². The molecule has 2 aliphatic rings. The Labute approximate surface area is 99.9 Å². The Bertz CT molecular complexity index is 442. The highest BCUT2D eigenvalue weighted by Crippen LogP contribution is 2.45. The van der Waals surface area contributed by atoms with E-state index >= 15 is 0 Å². The first-order chi connectivity index (χ1) is 7.90. The van der Waals surface area contributed by atoms with Crippen molar-refractivity contribution in [2.45, 2.75) is 18.2 Å². The van der Waals surface area contributed by atoms with Gasteiger partial charge >= 0.3 is 0 Å². The first-order valence-electron chi connectivity index (χ1n) is 5.77. The summed E-state index contributed by atoms with van der Waals surface area (Å²) in [7, 11) is 0. The minimum Gasteiger partial charge on any atom is -0.384 e. The molecule has 4 heteroatoms. The molecule has 0 saturated heterocycles. The molecule has 84 valence electrons. The first-order valence-corrected chi connectivity index (χ1v) is 6.58. The molecule has 0 aromatic heterocycles. The molecule has 3 nitrogen and oxygen atoms in total. The summed E-state index contributed by atoms with van der Waals surface area (Å²) in [6, 6.07) is 6.47. The Balaban J connectivity index is 1.95. The van der Waals surface area contributed by atoms with Gasteiger partial charge in [-0.25, -0.2) is 0 Å². The van der Waals surface area contributed by atoms with Gasteiger partial charge in [-0.15, -0.1) is 0 Å². The van der Waals surface area contributed by atoms with Gasteiger partial charge in [0.15, 0.2) is 5.17 Å². The van der Waals surface area contributed by atoms with Gasteiger partial charge in [-0.05, 0) is 30.3 Å². The molecule has 2 aliphatic heterocycles. The van der Waals surface area contributed by atoms with Crippen LogP contribution in [0.2, 0.25) is 0 Å². The Hall–Kier alpha value is -1.16.